The second-order valence-corrected chi connectivity index (χ2v) is 7.58. The van der Waals surface area contributed by atoms with Crippen LogP contribution in [0.4, 0.5) is 15.3 Å². The molecule has 0 fully saturated rings. The average molecular weight is 392 g/mol. The zero-order valence-electron chi connectivity index (χ0n) is 17.7. The van der Waals surface area contributed by atoms with E-state index in [9.17, 15) is 14.7 Å². The van der Waals surface area contributed by atoms with E-state index >= 15 is 0 Å². The van der Waals surface area contributed by atoms with Crippen LogP contribution in [0.5, 0.6) is 0 Å². The van der Waals surface area contributed by atoms with Gasteiger partial charge in [0.15, 0.2) is 0 Å². The molecule has 0 bridgehead atoms. The molecule has 0 saturated carbocycles. The van der Waals surface area contributed by atoms with Crippen molar-refractivity contribution in [1.29, 1.82) is 0 Å². The van der Waals surface area contributed by atoms with Crippen molar-refractivity contribution in [3.05, 3.63) is 29.3 Å². The highest BCUT2D eigenvalue weighted by Crippen LogP contribution is 2.21. The Hall–Kier alpha value is -2.24. The van der Waals surface area contributed by atoms with E-state index in [1.165, 1.54) is 44.9 Å². The first-order valence-electron chi connectivity index (χ1n) is 10.5. The molecule has 0 aliphatic carbocycles. The molecule has 3 amide bonds. The van der Waals surface area contributed by atoms with Crippen molar-refractivity contribution in [3.8, 4) is 0 Å². The zero-order valence-corrected chi connectivity index (χ0v) is 17.7. The quantitative estimate of drug-likeness (QED) is 0.338. The topological polar surface area (TPSA) is 86.9 Å². The number of hydrogen-bond donors (Lipinski definition) is 2. The van der Waals surface area contributed by atoms with Crippen molar-refractivity contribution in [2.24, 2.45) is 5.73 Å². The standard InChI is InChI=1S/C22H37N3O3/c1-4-5-6-7-8-9-10-11-12-13-14-24(21(23)26)25(22(27)28)20-16-18(2)15-19(3)17-20/h15-17H,4-14H2,1-3H3,(H2,23,26)(H,27,28). The molecule has 0 atom stereocenters. The van der Waals surface area contributed by atoms with Gasteiger partial charge in [-0.15, -0.1) is 0 Å². The Morgan fingerprint density at radius 2 is 1.32 bits per heavy atom. The van der Waals surface area contributed by atoms with Gasteiger partial charge in [-0.1, -0.05) is 70.8 Å². The van der Waals surface area contributed by atoms with Gasteiger partial charge in [0.25, 0.3) is 0 Å². The fraction of sp³-hybridized carbons (Fsp3) is 0.636. The minimum Gasteiger partial charge on any atom is -0.463 e. The molecule has 0 spiro atoms. The van der Waals surface area contributed by atoms with Gasteiger partial charge < -0.3 is 10.8 Å². The molecule has 6 heteroatoms. The molecule has 0 saturated heterocycles. The summed E-state index contributed by atoms with van der Waals surface area (Å²) in [7, 11) is 0. The molecular formula is C22H37N3O3. The third-order valence-corrected chi connectivity index (χ3v) is 4.85. The van der Waals surface area contributed by atoms with Crippen LogP contribution in [-0.4, -0.2) is 28.8 Å². The van der Waals surface area contributed by atoms with E-state index in [-0.39, 0.29) is 0 Å². The lowest BCUT2D eigenvalue weighted by Crippen LogP contribution is -2.52. The summed E-state index contributed by atoms with van der Waals surface area (Å²) >= 11 is 0. The number of urea groups is 1. The fourth-order valence-electron chi connectivity index (χ4n) is 3.48. The summed E-state index contributed by atoms with van der Waals surface area (Å²) in [6, 6.07) is 4.70. The van der Waals surface area contributed by atoms with E-state index in [1.807, 2.05) is 19.9 Å². The van der Waals surface area contributed by atoms with Crippen molar-refractivity contribution in [1.82, 2.24) is 5.01 Å². The molecule has 158 valence electrons. The Morgan fingerprint density at radius 3 is 1.75 bits per heavy atom. The van der Waals surface area contributed by atoms with Crippen LogP contribution in [0.1, 0.15) is 82.3 Å². The van der Waals surface area contributed by atoms with Crippen LogP contribution in [0.15, 0.2) is 18.2 Å². The van der Waals surface area contributed by atoms with Crippen LogP contribution in [0, 0.1) is 13.8 Å². The van der Waals surface area contributed by atoms with Crippen LogP contribution < -0.4 is 10.7 Å². The summed E-state index contributed by atoms with van der Waals surface area (Å²) in [6.07, 6.45) is 10.5. The molecular weight excluding hydrogens is 354 g/mol. The molecule has 0 unspecified atom stereocenters. The van der Waals surface area contributed by atoms with Gasteiger partial charge in [-0.25, -0.2) is 14.6 Å². The van der Waals surface area contributed by atoms with Crippen molar-refractivity contribution >= 4 is 17.8 Å². The van der Waals surface area contributed by atoms with Gasteiger partial charge in [-0.2, -0.15) is 5.01 Å². The minimum absolute atomic E-state index is 0.297. The maximum absolute atomic E-state index is 11.9. The highest BCUT2D eigenvalue weighted by molar-refractivity contribution is 5.90. The van der Waals surface area contributed by atoms with Crippen molar-refractivity contribution in [2.75, 3.05) is 11.6 Å². The van der Waals surface area contributed by atoms with E-state index < -0.39 is 12.1 Å². The summed E-state index contributed by atoms with van der Waals surface area (Å²) in [5.41, 5.74) is 7.80. The first-order chi connectivity index (χ1) is 13.4. The minimum atomic E-state index is -1.21. The molecule has 1 aromatic carbocycles. The highest BCUT2D eigenvalue weighted by Gasteiger charge is 2.26. The number of hydrazine groups is 1. The number of nitrogens with two attached hydrogens (primary N) is 1. The maximum atomic E-state index is 11.9. The molecule has 1 aromatic rings. The number of hydrogen-bond acceptors (Lipinski definition) is 2. The number of carbonyl (C=O) groups is 2. The van der Waals surface area contributed by atoms with Crippen LogP contribution >= 0.6 is 0 Å². The number of nitrogens with zero attached hydrogens (tertiary/aromatic N) is 2. The van der Waals surface area contributed by atoms with Gasteiger partial charge in [0, 0.05) is 6.54 Å². The Morgan fingerprint density at radius 1 is 0.857 bits per heavy atom. The summed E-state index contributed by atoms with van der Waals surface area (Å²) in [5.74, 6) is 0. The number of benzene rings is 1. The Kier molecular flexibility index (Phi) is 11.1. The Bertz CT molecular complexity index is 599. The maximum Gasteiger partial charge on any atom is 0.431 e. The molecule has 0 aliphatic heterocycles. The first kappa shape index (κ1) is 23.8. The average Bonchev–Trinajstić information content (AvgIpc) is 2.60. The van der Waals surface area contributed by atoms with Gasteiger partial charge >= 0.3 is 12.1 Å². The van der Waals surface area contributed by atoms with Crippen molar-refractivity contribution in [2.45, 2.75) is 85.0 Å². The summed E-state index contributed by atoms with van der Waals surface area (Å²) < 4.78 is 0. The van der Waals surface area contributed by atoms with E-state index in [0.717, 1.165) is 40.4 Å². The zero-order chi connectivity index (χ0) is 20.9. The smallest absolute Gasteiger partial charge is 0.431 e. The van der Waals surface area contributed by atoms with Crippen LogP contribution in [0.2, 0.25) is 0 Å². The van der Waals surface area contributed by atoms with Gasteiger partial charge in [-0.3, -0.25) is 0 Å². The second-order valence-electron chi connectivity index (χ2n) is 7.58. The third kappa shape index (κ3) is 8.63. The fourth-order valence-corrected chi connectivity index (χ4v) is 3.48. The second kappa shape index (κ2) is 13.0. The lowest BCUT2D eigenvalue weighted by Gasteiger charge is -2.31. The SMILES string of the molecule is CCCCCCCCCCCCN(C(N)=O)N(C(=O)O)c1cc(C)cc(C)c1. The number of carboxylic acid groups (broad SMARTS) is 1. The lowest BCUT2D eigenvalue weighted by molar-refractivity contribution is 0.167. The van der Waals surface area contributed by atoms with E-state index in [2.05, 4.69) is 6.92 Å². The molecule has 6 nitrogen and oxygen atoms in total. The number of unbranched alkanes of at least 4 members (excludes halogenated alkanes) is 9. The number of anilines is 1. The molecule has 0 radical (unpaired) electrons. The van der Waals surface area contributed by atoms with E-state index in [0.29, 0.717) is 12.2 Å². The molecule has 28 heavy (non-hydrogen) atoms. The van der Waals surface area contributed by atoms with Crippen LogP contribution in [0.3, 0.4) is 0 Å². The highest BCUT2D eigenvalue weighted by atomic mass is 16.4. The van der Waals surface area contributed by atoms with Gasteiger partial charge in [0.2, 0.25) is 0 Å². The number of amides is 3. The monoisotopic (exact) mass is 391 g/mol. The summed E-state index contributed by atoms with van der Waals surface area (Å²) in [4.78, 5) is 23.8. The molecule has 0 heterocycles. The predicted octanol–water partition coefficient (Wildman–Crippen LogP) is 6.00. The summed E-state index contributed by atoms with van der Waals surface area (Å²) in [6.45, 7) is 6.31. The Balaban J connectivity index is 2.52. The lowest BCUT2D eigenvalue weighted by atomic mass is 10.1. The van der Waals surface area contributed by atoms with Crippen molar-refractivity contribution < 1.29 is 14.7 Å². The normalized spacial score (nSPS) is 10.7. The first-order valence-corrected chi connectivity index (χ1v) is 10.5. The van der Waals surface area contributed by atoms with E-state index in [1.54, 1.807) is 12.1 Å². The molecule has 0 aliphatic rings. The van der Waals surface area contributed by atoms with Gasteiger partial charge in [0.1, 0.15) is 0 Å². The van der Waals surface area contributed by atoms with Crippen molar-refractivity contribution in [3.63, 3.8) is 0 Å². The third-order valence-electron chi connectivity index (χ3n) is 4.85. The Labute approximate surface area is 169 Å². The predicted molar refractivity (Wildman–Crippen MR) is 115 cm³/mol. The van der Waals surface area contributed by atoms with Crippen LogP contribution in [-0.2, 0) is 0 Å². The number of rotatable bonds is 12. The van der Waals surface area contributed by atoms with Gasteiger partial charge in [-0.05, 0) is 43.5 Å². The summed E-state index contributed by atoms with van der Waals surface area (Å²) in [5, 5.41) is 11.8. The number of primary amides is 1. The molecule has 3 N–H and O–H groups in total. The largest absolute Gasteiger partial charge is 0.463 e. The van der Waals surface area contributed by atoms with E-state index in [4.69, 9.17) is 5.73 Å². The number of aryl methyl sites for hydroxylation is 2. The molecule has 0 aromatic heterocycles. The number of carbonyl (C=O) groups excluding carboxylic acids is 1. The molecule has 1 rings (SSSR count). The van der Waals surface area contributed by atoms with Crippen LogP contribution in [0.25, 0.3) is 0 Å². The van der Waals surface area contributed by atoms with Gasteiger partial charge in [0.05, 0.1) is 5.69 Å².